The van der Waals surface area contributed by atoms with Crippen LogP contribution in [0.2, 0.25) is 0 Å². The summed E-state index contributed by atoms with van der Waals surface area (Å²) in [6.07, 6.45) is 0.972. The van der Waals surface area contributed by atoms with Crippen LogP contribution in [-0.4, -0.2) is 25.9 Å². The lowest BCUT2D eigenvalue weighted by molar-refractivity contribution is 0.636. The fraction of sp³-hybridized carbons (Fsp3) is 0.389. The summed E-state index contributed by atoms with van der Waals surface area (Å²) in [4.78, 5) is 20.0. The van der Waals surface area contributed by atoms with Gasteiger partial charge in [-0.25, -0.2) is 4.98 Å². The van der Waals surface area contributed by atoms with Gasteiger partial charge in [-0.15, -0.1) is 0 Å². The van der Waals surface area contributed by atoms with Crippen LogP contribution >= 0.6 is 0 Å². The average molecular weight is 323 g/mol. The van der Waals surface area contributed by atoms with Crippen LogP contribution in [0, 0.1) is 6.92 Å². The zero-order chi connectivity index (χ0) is 16.8. The number of nitrogens with zero attached hydrogens (tertiary/aromatic N) is 5. The smallest absolute Gasteiger partial charge is 0.281 e. The van der Waals surface area contributed by atoms with Crippen LogP contribution in [0.15, 0.2) is 29.1 Å². The molecule has 124 valence electrons. The number of hydrogen-bond donors (Lipinski definition) is 0. The van der Waals surface area contributed by atoms with E-state index in [0.717, 1.165) is 31.2 Å². The third-order valence-corrected chi connectivity index (χ3v) is 4.82. The van der Waals surface area contributed by atoms with Gasteiger partial charge in [-0.3, -0.25) is 14.0 Å². The van der Waals surface area contributed by atoms with E-state index in [1.807, 2.05) is 13.8 Å². The van der Waals surface area contributed by atoms with Crippen molar-refractivity contribution in [2.24, 2.45) is 7.05 Å². The first kappa shape index (κ1) is 14.9. The maximum atomic E-state index is 12.9. The largest absolute Gasteiger partial charge is 0.337 e. The monoisotopic (exact) mass is 323 g/mol. The molecule has 3 heterocycles. The molecule has 0 bridgehead atoms. The maximum absolute atomic E-state index is 12.9. The quantitative estimate of drug-likeness (QED) is 0.724. The second-order valence-electron chi connectivity index (χ2n) is 6.31. The molecule has 0 spiro atoms. The van der Waals surface area contributed by atoms with E-state index in [4.69, 9.17) is 4.98 Å². The van der Waals surface area contributed by atoms with Crippen molar-refractivity contribution >= 4 is 17.0 Å². The van der Waals surface area contributed by atoms with Crippen LogP contribution in [0.3, 0.4) is 0 Å². The molecule has 3 aromatic rings. The summed E-state index contributed by atoms with van der Waals surface area (Å²) in [5.41, 5.74) is 4.77. The van der Waals surface area contributed by atoms with Crippen LogP contribution in [0.25, 0.3) is 11.0 Å². The van der Waals surface area contributed by atoms with Gasteiger partial charge < -0.3 is 4.90 Å². The maximum Gasteiger partial charge on any atom is 0.281 e. The van der Waals surface area contributed by atoms with Gasteiger partial charge >= 0.3 is 0 Å². The summed E-state index contributed by atoms with van der Waals surface area (Å²) >= 11 is 0. The third-order valence-electron chi connectivity index (χ3n) is 4.82. The molecule has 1 aromatic carbocycles. The molecule has 6 heteroatoms. The van der Waals surface area contributed by atoms with E-state index in [0.29, 0.717) is 17.6 Å². The van der Waals surface area contributed by atoms with Crippen molar-refractivity contribution in [1.82, 2.24) is 19.3 Å². The molecule has 2 aromatic heterocycles. The summed E-state index contributed by atoms with van der Waals surface area (Å²) in [5, 5.41) is 4.37. The molecular formula is C18H21N5O. The molecule has 24 heavy (non-hydrogen) atoms. The van der Waals surface area contributed by atoms with Crippen molar-refractivity contribution in [3.63, 3.8) is 0 Å². The van der Waals surface area contributed by atoms with E-state index in [2.05, 4.69) is 34.3 Å². The van der Waals surface area contributed by atoms with Gasteiger partial charge in [-0.2, -0.15) is 5.10 Å². The summed E-state index contributed by atoms with van der Waals surface area (Å²) in [5.74, 6) is 0.751. The molecule has 0 fully saturated rings. The normalized spacial score (nSPS) is 14.2. The van der Waals surface area contributed by atoms with E-state index in [-0.39, 0.29) is 5.56 Å². The molecule has 0 saturated heterocycles. The Labute approximate surface area is 140 Å². The lowest BCUT2D eigenvalue weighted by atomic mass is 10.0. The van der Waals surface area contributed by atoms with E-state index in [1.54, 1.807) is 16.3 Å². The average Bonchev–Trinajstić information content (AvgIpc) is 2.88. The minimum Gasteiger partial charge on any atom is -0.337 e. The number of aryl methyl sites for hydroxylation is 2. The second kappa shape index (κ2) is 5.47. The van der Waals surface area contributed by atoms with E-state index in [9.17, 15) is 4.79 Å². The van der Waals surface area contributed by atoms with Gasteiger partial charge in [0, 0.05) is 26.7 Å². The molecule has 0 N–H and O–H groups in total. The molecule has 6 nitrogen and oxygen atoms in total. The molecule has 4 rings (SSSR count). The highest BCUT2D eigenvalue weighted by atomic mass is 16.1. The lowest BCUT2D eigenvalue weighted by Gasteiger charge is -2.31. The number of rotatable bonds is 2. The van der Waals surface area contributed by atoms with Crippen LogP contribution in [-0.2, 0) is 26.6 Å². The molecule has 0 amide bonds. The zero-order valence-electron chi connectivity index (χ0n) is 14.3. The Hall–Kier alpha value is -2.63. The highest BCUT2D eigenvalue weighted by Crippen LogP contribution is 2.24. The molecule has 0 saturated carbocycles. The summed E-state index contributed by atoms with van der Waals surface area (Å²) < 4.78 is 3.40. The predicted octanol–water partition coefficient (Wildman–Crippen LogP) is 2.02. The minimum atomic E-state index is -0.0144. The second-order valence-corrected chi connectivity index (χ2v) is 6.31. The van der Waals surface area contributed by atoms with Gasteiger partial charge in [0.1, 0.15) is 5.52 Å². The Morgan fingerprint density at radius 1 is 1.21 bits per heavy atom. The molecule has 1 aliphatic heterocycles. The fourth-order valence-electron chi connectivity index (χ4n) is 3.59. The topological polar surface area (TPSA) is 56.0 Å². The van der Waals surface area contributed by atoms with Gasteiger partial charge in [0.2, 0.25) is 5.95 Å². The Morgan fingerprint density at radius 2 is 1.96 bits per heavy atom. The van der Waals surface area contributed by atoms with Gasteiger partial charge in [0.15, 0.2) is 5.52 Å². The van der Waals surface area contributed by atoms with Crippen LogP contribution in [0.1, 0.15) is 23.7 Å². The first-order valence-corrected chi connectivity index (χ1v) is 8.36. The highest BCUT2D eigenvalue weighted by molar-refractivity contribution is 5.77. The van der Waals surface area contributed by atoms with Crippen molar-refractivity contribution < 1.29 is 0 Å². The number of fused-ring (bicyclic) bond motifs is 2. The Balaban J connectivity index is 1.88. The minimum absolute atomic E-state index is 0.0144. The summed E-state index contributed by atoms with van der Waals surface area (Å²) in [6, 6.07) is 8.49. The predicted molar refractivity (Wildman–Crippen MR) is 94.4 cm³/mol. The fourth-order valence-corrected chi connectivity index (χ4v) is 3.59. The van der Waals surface area contributed by atoms with Crippen molar-refractivity contribution in [3.05, 3.63) is 51.4 Å². The Bertz CT molecular complexity index is 985. The van der Waals surface area contributed by atoms with E-state index < -0.39 is 0 Å². The molecule has 0 radical (unpaired) electrons. The standard InChI is InChI=1S/C18H21N5O/c1-4-23-17(24)16-15(12(2)20-21(16)3)19-18(23)22-10-9-13-7-5-6-8-14(13)11-22/h5-8H,4,9-11H2,1-3H3. The first-order valence-electron chi connectivity index (χ1n) is 8.36. The Morgan fingerprint density at radius 3 is 2.71 bits per heavy atom. The van der Waals surface area contributed by atoms with E-state index >= 15 is 0 Å². The van der Waals surface area contributed by atoms with Crippen molar-refractivity contribution in [3.8, 4) is 0 Å². The molecule has 0 aliphatic carbocycles. The van der Waals surface area contributed by atoms with Gasteiger partial charge in [0.05, 0.1) is 5.69 Å². The summed E-state index contributed by atoms with van der Waals surface area (Å²) in [6.45, 7) is 6.14. The highest BCUT2D eigenvalue weighted by Gasteiger charge is 2.23. The number of anilines is 1. The van der Waals surface area contributed by atoms with Crippen molar-refractivity contribution in [2.45, 2.75) is 33.4 Å². The molecule has 0 unspecified atom stereocenters. The molecule has 1 aliphatic rings. The third kappa shape index (κ3) is 2.13. The zero-order valence-corrected chi connectivity index (χ0v) is 14.3. The van der Waals surface area contributed by atoms with E-state index in [1.165, 1.54) is 11.1 Å². The van der Waals surface area contributed by atoms with Crippen LogP contribution in [0.5, 0.6) is 0 Å². The summed E-state index contributed by atoms with van der Waals surface area (Å²) in [7, 11) is 1.80. The van der Waals surface area contributed by atoms with Gasteiger partial charge in [0.25, 0.3) is 5.56 Å². The number of benzene rings is 1. The van der Waals surface area contributed by atoms with Crippen LogP contribution < -0.4 is 10.5 Å². The first-order chi connectivity index (χ1) is 11.6. The molecular weight excluding hydrogens is 302 g/mol. The Kier molecular flexibility index (Phi) is 3.40. The van der Waals surface area contributed by atoms with Gasteiger partial charge in [-0.05, 0) is 31.4 Å². The number of aromatic nitrogens is 4. The van der Waals surface area contributed by atoms with Crippen LogP contribution in [0.4, 0.5) is 5.95 Å². The molecule has 0 atom stereocenters. The van der Waals surface area contributed by atoms with Crippen molar-refractivity contribution in [1.29, 1.82) is 0 Å². The van der Waals surface area contributed by atoms with Crippen molar-refractivity contribution in [2.75, 3.05) is 11.4 Å². The van der Waals surface area contributed by atoms with Gasteiger partial charge in [-0.1, -0.05) is 24.3 Å². The number of hydrogen-bond acceptors (Lipinski definition) is 4. The SMILES string of the molecule is CCn1c(N2CCc3ccccc3C2)nc2c(C)nn(C)c2c1=O. The lowest BCUT2D eigenvalue weighted by Crippen LogP contribution is -2.36.